The number of amides is 1. The first-order chi connectivity index (χ1) is 21.7. The van der Waals surface area contributed by atoms with E-state index in [2.05, 4.69) is 39.8 Å². The smallest absolute Gasteiger partial charge is 0.374 e. The molecular formula is C33H30Cl2F3N5O2S. The standard InChI is InChI=1S/C33H30Cl2F3N5O2S/c1-19-9-4-5-11-21(19)17-46-32(2,3)18-40-30(44)23-15-20-10-6-7-12-22(20)27(35)28(23)41-31(45)25-16-26(33(36,37)38)42-43(25)29-24(34)13-8-14-39-29/h4-16,30,40,44H,17-18H2,1-3H3,(H,41,45). The Labute approximate surface area is 278 Å². The zero-order valence-corrected chi connectivity index (χ0v) is 27.3. The highest BCUT2D eigenvalue weighted by Gasteiger charge is 2.37. The number of pyridine rings is 1. The number of thioether (sulfide) groups is 1. The van der Waals surface area contributed by atoms with Crippen molar-refractivity contribution in [3.63, 3.8) is 0 Å². The number of carbonyl (C=O) groups is 1. The highest BCUT2D eigenvalue weighted by molar-refractivity contribution is 7.99. The molecule has 0 fully saturated rings. The molecule has 0 saturated carbocycles. The summed E-state index contributed by atoms with van der Waals surface area (Å²) in [7, 11) is 0. The van der Waals surface area contributed by atoms with Crippen LogP contribution in [0.4, 0.5) is 18.9 Å². The largest absolute Gasteiger partial charge is 0.435 e. The molecule has 7 nitrogen and oxygen atoms in total. The van der Waals surface area contributed by atoms with Crippen LogP contribution in [-0.2, 0) is 11.9 Å². The topological polar surface area (TPSA) is 92.1 Å². The maximum absolute atomic E-state index is 13.7. The van der Waals surface area contributed by atoms with E-state index in [1.54, 1.807) is 42.1 Å². The Balaban J connectivity index is 1.46. The van der Waals surface area contributed by atoms with Crippen molar-refractivity contribution < 1.29 is 23.1 Å². The molecule has 0 aliphatic heterocycles. The van der Waals surface area contributed by atoms with E-state index in [9.17, 15) is 23.1 Å². The van der Waals surface area contributed by atoms with Crippen LogP contribution in [0.1, 0.15) is 52.9 Å². The van der Waals surface area contributed by atoms with E-state index in [4.69, 9.17) is 23.2 Å². The molecule has 0 spiro atoms. The lowest BCUT2D eigenvalue weighted by Gasteiger charge is -2.28. The van der Waals surface area contributed by atoms with E-state index in [1.165, 1.54) is 29.5 Å². The Bertz CT molecular complexity index is 1900. The Hall–Kier alpha value is -3.61. The Morgan fingerprint density at radius 2 is 1.76 bits per heavy atom. The molecule has 0 saturated heterocycles. The fraction of sp³-hybridized carbons (Fsp3) is 0.242. The van der Waals surface area contributed by atoms with Crippen molar-refractivity contribution in [1.82, 2.24) is 20.1 Å². The summed E-state index contributed by atoms with van der Waals surface area (Å²) in [5.41, 5.74) is 0.876. The fourth-order valence-electron chi connectivity index (χ4n) is 4.77. The number of carbonyl (C=O) groups excluding carboxylic acids is 1. The summed E-state index contributed by atoms with van der Waals surface area (Å²) in [4.78, 5) is 17.7. The Morgan fingerprint density at radius 3 is 2.48 bits per heavy atom. The third kappa shape index (κ3) is 7.50. The monoisotopic (exact) mass is 687 g/mol. The van der Waals surface area contributed by atoms with E-state index in [0.717, 1.165) is 10.4 Å². The van der Waals surface area contributed by atoms with Crippen LogP contribution in [0.5, 0.6) is 0 Å². The van der Waals surface area contributed by atoms with Crippen LogP contribution in [0, 0.1) is 6.92 Å². The third-order valence-electron chi connectivity index (χ3n) is 7.32. The molecular weight excluding hydrogens is 658 g/mol. The van der Waals surface area contributed by atoms with Crippen LogP contribution < -0.4 is 10.6 Å². The molecule has 3 aromatic carbocycles. The molecule has 0 aliphatic carbocycles. The second kappa shape index (κ2) is 13.6. The van der Waals surface area contributed by atoms with E-state index >= 15 is 0 Å². The number of aliphatic hydroxyl groups is 1. The van der Waals surface area contributed by atoms with Crippen molar-refractivity contribution in [2.24, 2.45) is 0 Å². The number of anilines is 1. The number of nitrogens with one attached hydrogen (secondary N) is 2. The van der Waals surface area contributed by atoms with Gasteiger partial charge in [0.1, 0.15) is 11.9 Å². The molecule has 5 rings (SSSR count). The summed E-state index contributed by atoms with van der Waals surface area (Å²) in [5.74, 6) is -0.361. The van der Waals surface area contributed by atoms with Gasteiger partial charge in [-0.2, -0.15) is 18.3 Å². The number of hydrogen-bond donors (Lipinski definition) is 3. The van der Waals surface area contributed by atoms with Gasteiger partial charge in [-0.25, -0.2) is 9.67 Å². The maximum Gasteiger partial charge on any atom is 0.435 e. The number of fused-ring (bicyclic) bond motifs is 1. The summed E-state index contributed by atoms with van der Waals surface area (Å²) < 4.78 is 41.6. The van der Waals surface area contributed by atoms with Gasteiger partial charge in [0.15, 0.2) is 11.5 Å². The Morgan fingerprint density at radius 1 is 1.04 bits per heavy atom. The number of halogens is 5. The summed E-state index contributed by atoms with van der Waals surface area (Å²) in [6.45, 7) is 6.54. The summed E-state index contributed by atoms with van der Waals surface area (Å²) >= 11 is 14.7. The summed E-state index contributed by atoms with van der Waals surface area (Å²) in [6, 6.07) is 20.4. The lowest BCUT2D eigenvalue weighted by Crippen LogP contribution is -2.35. The molecule has 1 amide bonds. The van der Waals surface area contributed by atoms with Crippen LogP contribution in [-0.4, -0.2) is 37.1 Å². The van der Waals surface area contributed by atoms with Crippen LogP contribution in [0.15, 0.2) is 79.0 Å². The number of nitrogens with zero attached hydrogens (tertiary/aromatic N) is 3. The van der Waals surface area contributed by atoms with Crippen LogP contribution >= 0.6 is 35.0 Å². The minimum Gasteiger partial charge on any atom is -0.374 e. The molecule has 46 heavy (non-hydrogen) atoms. The molecule has 5 aromatic rings. The van der Waals surface area contributed by atoms with E-state index in [1.807, 2.05) is 26.0 Å². The summed E-state index contributed by atoms with van der Waals surface area (Å²) in [5, 5.41) is 22.1. The van der Waals surface area contributed by atoms with Crippen molar-refractivity contribution >= 4 is 57.3 Å². The molecule has 240 valence electrons. The molecule has 0 bridgehead atoms. The van der Waals surface area contributed by atoms with Gasteiger partial charge >= 0.3 is 6.18 Å². The number of rotatable bonds is 10. The zero-order chi connectivity index (χ0) is 33.2. The van der Waals surface area contributed by atoms with Gasteiger partial charge in [-0.05, 0) is 55.5 Å². The number of aryl methyl sites for hydroxylation is 1. The van der Waals surface area contributed by atoms with E-state index in [0.29, 0.717) is 23.4 Å². The van der Waals surface area contributed by atoms with Gasteiger partial charge in [-0.15, -0.1) is 11.8 Å². The number of hydrogen-bond acceptors (Lipinski definition) is 6. The zero-order valence-electron chi connectivity index (χ0n) is 25.0. The second-order valence-corrected chi connectivity index (χ2v) is 13.7. The predicted octanol–water partition coefficient (Wildman–Crippen LogP) is 8.60. The summed E-state index contributed by atoms with van der Waals surface area (Å²) in [6.07, 6.45) is -4.83. The first-order valence-electron chi connectivity index (χ1n) is 14.2. The molecule has 13 heteroatoms. The quantitative estimate of drug-likeness (QED) is 0.127. The minimum atomic E-state index is -4.85. The number of aromatic nitrogens is 3. The minimum absolute atomic E-state index is 0.0136. The van der Waals surface area contributed by atoms with Crippen LogP contribution in [0.3, 0.4) is 0 Å². The third-order valence-corrected chi connectivity index (χ3v) is 9.39. The second-order valence-electron chi connectivity index (χ2n) is 11.2. The lowest BCUT2D eigenvalue weighted by molar-refractivity contribution is -0.141. The van der Waals surface area contributed by atoms with Gasteiger partial charge < -0.3 is 10.4 Å². The first-order valence-corrected chi connectivity index (χ1v) is 15.9. The molecule has 2 heterocycles. The molecule has 0 radical (unpaired) electrons. The molecule has 0 aliphatic rings. The predicted molar refractivity (Wildman–Crippen MR) is 178 cm³/mol. The average Bonchev–Trinajstić information content (AvgIpc) is 3.47. The first kappa shape index (κ1) is 33.7. The Kier molecular flexibility index (Phi) is 10.00. The molecule has 1 atom stereocenters. The van der Waals surface area contributed by atoms with Crippen molar-refractivity contribution in [3.05, 3.63) is 117 Å². The van der Waals surface area contributed by atoms with Gasteiger partial charge in [-0.3, -0.25) is 10.1 Å². The fourth-order valence-corrected chi connectivity index (χ4v) is 6.35. The number of benzene rings is 3. The highest BCUT2D eigenvalue weighted by Crippen LogP contribution is 2.38. The SMILES string of the molecule is Cc1ccccc1CSC(C)(C)CNC(O)c1cc2ccccc2c(Cl)c1NC(=O)c1cc(C(F)(F)F)nn1-c1ncccc1Cl. The molecule has 2 aromatic heterocycles. The van der Waals surface area contributed by atoms with Crippen LogP contribution in [0.2, 0.25) is 10.0 Å². The van der Waals surface area contributed by atoms with Gasteiger partial charge in [-0.1, -0.05) is 71.7 Å². The van der Waals surface area contributed by atoms with Crippen molar-refractivity contribution in [2.45, 2.75) is 43.7 Å². The van der Waals surface area contributed by atoms with Crippen LogP contribution in [0.25, 0.3) is 16.6 Å². The number of alkyl halides is 3. The van der Waals surface area contributed by atoms with Gasteiger partial charge in [0.25, 0.3) is 5.91 Å². The normalized spacial score (nSPS) is 12.8. The van der Waals surface area contributed by atoms with Crippen molar-refractivity contribution in [3.8, 4) is 5.82 Å². The molecule has 3 N–H and O–H groups in total. The number of aliphatic hydroxyl groups excluding tert-OH is 1. The van der Waals surface area contributed by atoms with E-state index < -0.39 is 29.7 Å². The van der Waals surface area contributed by atoms with E-state index in [-0.39, 0.29) is 31.9 Å². The molecule has 1 unspecified atom stereocenters. The maximum atomic E-state index is 13.7. The van der Waals surface area contributed by atoms with Gasteiger partial charge in [0.2, 0.25) is 0 Å². The lowest BCUT2D eigenvalue weighted by atomic mass is 10.0. The van der Waals surface area contributed by atoms with Crippen molar-refractivity contribution in [2.75, 3.05) is 11.9 Å². The van der Waals surface area contributed by atoms with Gasteiger partial charge in [0.05, 0.1) is 15.7 Å². The van der Waals surface area contributed by atoms with Gasteiger partial charge in [0, 0.05) is 40.3 Å². The van der Waals surface area contributed by atoms with Crippen molar-refractivity contribution in [1.29, 1.82) is 0 Å². The average molecular weight is 689 g/mol. The highest BCUT2D eigenvalue weighted by atomic mass is 35.5.